The predicted molar refractivity (Wildman–Crippen MR) is 104 cm³/mol. The first-order valence-electron chi connectivity index (χ1n) is 8.60. The number of hydrogen-bond acceptors (Lipinski definition) is 2. The van der Waals surface area contributed by atoms with Gasteiger partial charge in [0.05, 0.1) is 6.42 Å². The van der Waals surface area contributed by atoms with Crippen LogP contribution in [0, 0.1) is 0 Å². The van der Waals surface area contributed by atoms with Crippen LogP contribution in [0.4, 0.5) is 0 Å². The molecule has 0 bridgehead atoms. The molecule has 0 saturated carbocycles. The number of nitrogens with one attached hydrogen (secondary N) is 1. The molecule has 3 rings (SSSR count). The highest BCUT2D eigenvalue weighted by molar-refractivity contribution is 6.31. The second-order valence-corrected chi connectivity index (χ2v) is 7.32. The highest BCUT2D eigenvalue weighted by atomic mass is 35.5. The maximum Gasteiger partial charge on any atom is 0.253 e. The topological polar surface area (TPSA) is 49.4 Å². The molecule has 2 amide bonds. The van der Waals surface area contributed by atoms with Crippen LogP contribution in [0.1, 0.15) is 28.8 Å². The van der Waals surface area contributed by atoms with Crippen LogP contribution in [-0.2, 0) is 11.2 Å². The molecule has 2 aromatic carbocycles. The third-order valence-corrected chi connectivity index (χ3v) is 4.98. The van der Waals surface area contributed by atoms with E-state index in [-0.39, 0.29) is 17.9 Å². The minimum Gasteiger partial charge on any atom is -0.353 e. The number of nitrogens with zero attached hydrogens (tertiary/aromatic N) is 1. The van der Waals surface area contributed by atoms with Crippen molar-refractivity contribution >= 4 is 35.0 Å². The van der Waals surface area contributed by atoms with E-state index in [9.17, 15) is 9.59 Å². The van der Waals surface area contributed by atoms with Crippen LogP contribution in [0.5, 0.6) is 0 Å². The van der Waals surface area contributed by atoms with E-state index in [0.717, 1.165) is 18.4 Å². The van der Waals surface area contributed by atoms with E-state index < -0.39 is 0 Å². The summed E-state index contributed by atoms with van der Waals surface area (Å²) < 4.78 is 0. The lowest BCUT2D eigenvalue weighted by atomic mass is 10.0. The normalized spacial score (nSPS) is 14.9. The standard InChI is InChI=1S/C20H20Cl2N2O2/c21-16-6-4-14(5-7-16)12-19(25)23-18-8-10-24(11-9-18)20(26)15-2-1-3-17(22)13-15/h1-7,13,18H,8-12H2,(H,23,25). The van der Waals surface area contributed by atoms with Gasteiger partial charge < -0.3 is 10.2 Å². The summed E-state index contributed by atoms with van der Waals surface area (Å²) in [4.78, 5) is 26.5. The van der Waals surface area contributed by atoms with Crippen molar-refractivity contribution in [2.45, 2.75) is 25.3 Å². The van der Waals surface area contributed by atoms with Crippen molar-refractivity contribution in [1.29, 1.82) is 0 Å². The molecule has 1 saturated heterocycles. The Morgan fingerprint density at radius 1 is 1.00 bits per heavy atom. The van der Waals surface area contributed by atoms with Gasteiger partial charge in [-0.2, -0.15) is 0 Å². The fourth-order valence-corrected chi connectivity index (χ4v) is 3.41. The van der Waals surface area contributed by atoms with Gasteiger partial charge in [0.2, 0.25) is 5.91 Å². The number of benzene rings is 2. The molecule has 136 valence electrons. The first-order valence-corrected chi connectivity index (χ1v) is 9.35. The fraction of sp³-hybridized carbons (Fsp3) is 0.300. The van der Waals surface area contributed by atoms with Crippen LogP contribution < -0.4 is 5.32 Å². The summed E-state index contributed by atoms with van der Waals surface area (Å²) in [5.74, 6) is -0.0228. The molecule has 1 aliphatic rings. The van der Waals surface area contributed by atoms with Crippen LogP contribution >= 0.6 is 23.2 Å². The number of halogens is 2. The van der Waals surface area contributed by atoms with Crippen molar-refractivity contribution in [2.75, 3.05) is 13.1 Å². The molecule has 1 N–H and O–H groups in total. The maximum atomic E-state index is 12.5. The Kier molecular flexibility index (Phi) is 6.17. The van der Waals surface area contributed by atoms with Gasteiger partial charge in [-0.1, -0.05) is 41.4 Å². The zero-order valence-electron chi connectivity index (χ0n) is 14.3. The van der Waals surface area contributed by atoms with Gasteiger partial charge in [0.25, 0.3) is 5.91 Å². The lowest BCUT2D eigenvalue weighted by Crippen LogP contribution is -2.46. The molecule has 6 heteroatoms. The summed E-state index contributed by atoms with van der Waals surface area (Å²) >= 11 is 11.8. The third-order valence-electron chi connectivity index (χ3n) is 4.50. The smallest absolute Gasteiger partial charge is 0.253 e. The van der Waals surface area contributed by atoms with Gasteiger partial charge in [0, 0.05) is 34.7 Å². The SMILES string of the molecule is O=C(Cc1ccc(Cl)cc1)NC1CCN(C(=O)c2cccc(Cl)c2)CC1. The second kappa shape index (κ2) is 8.56. The summed E-state index contributed by atoms with van der Waals surface area (Å²) in [6.07, 6.45) is 1.83. The van der Waals surface area contributed by atoms with E-state index in [4.69, 9.17) is 23.2 Å². The van der Waals surface area contributed by atoms with E-state index in [2.05, 4.69) is 5.32 Å². The summed E-state index contributed by atoms with van der Waals surface area (Å²) in [5, 5.41) is 4.27. The summed E-state index contributed by atoms with van der Waals surface area (Å²) in [6, 6.07) is 14.4. The molecule has 4 nitrogen and oxygen atoms in total. The lowest BCUT2D eigenvalue weighted by molar-refractivity contribution is -0.121. The van der Waals surface area contributed by atoms with Crippen molar-refractivity contribution < 1.29 is 9.59 Å². The van der Waals surface area contributed by atoms with Crippen molar-refractivity contribution in [1.82, 2.24) is 10.2 Å². The Labute approximate surface area is 163 Å². The monoisotopic (exact) mass is 390 g/mol. The van der Waals surface area contributed by atoms with Gasteiger partial charge in [-0.25, -0.2) is 0 Å². The van der Waals surface area contributed by atoms with Crippen molar-refractivity contribution in [3.8, 4) is 0 Å². The quantitative estimate of drug-likeness (QED) is 0.858. The van der Waals surface area contributed by atoms with Gasteiger partial charge >= 0.3 is 0 Å². The zero-order valence-corrected chi connectivity index (χ0v) is 15.8. The summed E-state index contributed by atoms with van der Waals surface area (Å²) in [6.45, 7) is 1.24. The fourth-order valence-electron chi connectivity index (χ4n) is 3.10. The third kappa shape index (κ3) is 4.99. The van der Waals surface area contributed by atoms with Crippen molar-refractivity contribution in [2.24, 2.45) is 0 Å². The van der Waals surface area contributed by atoms with Crippen LogP contribution in [0.25, 0.3) is 0 Å². The Balaban J connectivity index is 1.48. The number of amides is 2. The van der Waals surface area contributed by atoms with Gasteiger partial charge in [-0.05, 0) is 48.7 Å². The molecule has 26 heavy (non-hydrogen) atoms. The minimum atomic E-state index is -0.0153. The van der Waals surface area contributed by atoms with E-state index in [1.165, 1.54) is 0 Å². The van der Waals surface area contributed by atoms with Crippen molar-refractivity contribution in [3.63, 3.8) is 0 Å². The molecular formula is C20H20Cl2N2O2. The molecule has 2 aromatic rings. The Morgan fingerprint density at radius 3 is 2.35 bits per heavy atom. The number of rotatable bonds is 4. The molecule has 1 aliphatic heterocycles. The largest absolute Gasteiger partial charge is 0.353 e. The molecule has 1 heterocycles. The zero-order chi connectivity index (χ0) is 18.5. The molecule has 0 spiro atoms. The molecule has 0 atom stereocenters. The molecule has 0 unspecified atom stereocenters. The average molecular weight is 391 g/mol. The summed E-state index contributed by atoms with van der Waals surface area (Å²) in [7, 11) is 0. The highest BCUT2D eigenvalue weighted by Gasteiger charge is 2.24. The van der Waals surface area contributed by atoms with Crippen LogP contribution in [0.15, 0.2) is 48.5 Å². The van der Waals surface area contributed by atoms with Crippen LogP contribution in [0.2, 0.25) is 10.0 Å². The number of piperidine rings is 1. The number of carbonyl (C=O) groups is 2. The molecule has 0 radical (unpaired) electrons. The van der Waals surface area contributed by atoms with E-state index in [0.29, 0.717) is 35.1 Å². The highest BCUT2D eigenvalue weighted by Crippen LogP contribution is 2.17. The maximum absolute atomic E-state index is 12.5. The average Bonchev–Trinajstić information content (AvgIpc) is 2.64. The molecule has 0 aromatic heterocycles. The Morgan fingerprint density at radius 2 is 1.69 bits per heavy atom. The van der Waals surface area contributed by atoms with E-state index in [1.54, 1.807) is 36.4 Å². The number of likely N-dealkylation sites (tertiary alicyclic amines) is 1. The Bertz CT molecular complexity index is 785. The van der Waals surface area contributed by atoms with Gasteiger partial charge in [-0.3, -0.25) is 9.59 Å². The minimum absolute atomic E-state index is 0.00746. The first-order chi connectivity index (χ1) is 12.5. The van der Waals surface area contributed by atoms with Crippen molar-refractivity contribution in [3.05, 3.63) is 69.7 Å². The lowest BCUT2D eigenvalue weighted by Gasteiger charge is -2.32. The van der Waals surface area contributed by atoms with Gasteiger partial charge in [-0.15, -0.1) is 0 Å². The molecule has 0 aliphatic carbocycles. The van der Waals surface area contributed by atoms with Gasteiger partial charge in [0.15, 0.2) is 0 Å². The second-order valence-electron chi connectivity index (χ2n) is 6.45. The molecular weight excluding hydrogens is 371 g/mol. The van der Waals surface area contributed by atoms with E-state index >= 15 is 0 Å². The Hall–Kier alpha value is -2.04. The van der Waals surface area contributed by atoms with Gasteiger partial charge in [0.1, 0.15) is 0 Å². The molecule has 1 fully saturated rings. The predicted octanol–water partition coefficient (Wildman–Crippen LogP) is 3.96. The summed E-state index contributed by atoms with van der Waals surface area (Å²) in [5.41, 5.74) is 1.53. The number of hydrogen-bond donors (Lipinski definition) is 1. The van der Waals surface area contributed by atoms with Crippen LogP contribution in [0.3, 0.4) is 0 Å². The van der Waals surface area contributed by atoms with Crippen LogP contribution in [-0.4, -0.2) is 35.8 Å². The number of carbonyl (C=O) groups excluding carboxylic acids is 2. The first kappa shape index (κ1) is 18.7. The van der Waals surface area contributed by atoms with E-state index in [1.807, 2.05) is 17.0 Å².